The molecule has 0 aliphatic rings. The number of thiocarbonyl (C=S) groups is 1. The van der Waals surface area contributed by atoms with Gasteiger partial charge in [-0.15, -0.1) is 0 Å². The van der Waals surface area contributed by atoms with Gasteiger partial charge in [-0.2, -0.15) is 0 Å². The van der Waals surface area contributed by atoms with E-state index in [4.69, 9.17) is 12.2 Å². The molecule has 30 heavy (non-hydrogen) atoms. The van der Waals surface area contributed by atoms with E-state index in [-0.39, 0.29) is 27.3 Å². The van der Waals surface area contributed by atoms with Crippen LogP contribution in [0.15, 0.2) is 65.8 Å². The van der Waals surface area contributed by atoms with Crippen LogP contribution in [0, 0.1) is 17.0 Å². The zero-order valence-electron chi connectivity index (χ0n) is 15.6. The minimum absolute atomic E-state index is 0.00792. The highest BCUT2D eigenvalue weighted by atomic mass is 32.2. The van der Waals surface area contributed by atoms with E-state index >= 15 is 0 Å². The molecule has 0 fully saturated rings. The highest BCUT2D eigenvalue weighted by Crippen LogP contribution is 2.25. The third-order valence-corrected chi connectivity index (χ3v) is 5.36. The zero-order valence-corrected chi connectivity index (χ0v) is 17.2. The lowest BCUT2D eigenvalue weighted by Crippen LogP contribution is -2.20. The Kier molecular flexibility index (Phi) is 6.18. The van der Waals surface area contributed by atoms with Gasteiger partial charge in [0.2, 0.25) is 5.95 Å². The Morgan fingerprint density at radius 2 is 1.73 bits per heavy atom. The Hall–Kier alpha value is -3.64. The Labute approximate surface area is 177 Å². The van der Waals surface area contributed by atoms with Gasteiger partial charge in [-0.05, 0) is 61.1 Å². The quantitative estimate of drug-likeness (QED) is 0.297. The normalized spacial score (nSPS) is 10.8. The Bertz CT molecular complexity index is 1190. The van der Waals surface area contributed by atoms with Gasteiger partial charge in [-0.25, -0.2) is 23.1 Å². The first-order valence-corrected chi connectivity index (χ1v) is 10.4. The molecule has 3 rings (SSSR count). The van der Waals surface area contributed by atoms with Crippen molar-refractivity contribution in [2.75, 3.05) is 15.4 Å². The standard InChI is InChI=1S/C18H16N6O4S2/c1-12-3-8-15(16(11-12)24(25)26)22-18(29)21-13-4-6-14(7-5-13)30(27,28)23-17-19-9-2-10-20-17/h2-11H,1H3,(H,19,20,23)(H2,21,22,29). The summed E-state index contributed by atoms with van der Waals surface area (Å²) in [5, 5.41) is 17.0. The molecule has 0 aliphatic carbocycles. The molecule has 154 valence electrons. The number of nitro groups is 1. The van der Waals surface area contributed by atoms with E-state index in [1.807, 2.05) is 0 Å². The number of aromatic nitrogens is 2. The Morgan fingerprint density at radius 1 is 1.07 bits per heavy atom. The average molecular weight is 444 g/mol. The fourth-order valence-electron chi connectivity index (χ4n) is 2.43. The number of anilines is 3. The SMILES string of the molecule is Cc1ccc(NC(=S)Nc2ccc(S(=O)(=O)Nc3ncccn3)cc2)c([N+](=O)[O-])c1. The lowest BCUT2D eigenvalue weighted by molar-refractivity contribution is -0.383. The number of hydrogen-bond acceptors (Lipinski definition) is 7. The summed E-state index contributed by atoms with van der Waals surface area (Å²) in [5.41, 5.74) is 1.39. The number of rotatable bonds is 6. The minimum Gasteiger partial charge on any atom is -0.332 e. The van der Waals surface area contributed by atoms with Gasteiger partial charge in [0.15, 0.2) is 5.11 Å². The molecule has 10 nitrogen and oxygen atoms in total. The molecule has 1 aromatic heterocycles. The Morgan fingerprint density at radius 3 is 2.37 bits per heavy atom. The number of hydrogen-bond donors (Lipinski definition) is 3. The van der Waals surface area contributed by atoms with Gasteiger partial charge < -0.3 is 10.6 Å². The van der Waals surface area contributed by atoms with Gasteiger partial charge in [0.05, 0.1) is 9.82 Å². The van der Waals surface area contributed by atoms with Crippen LogP contribution in [0.1, 0.15) is 5.56 Å². The predicted molar refractivity (Wildman–Crippen MR) is 117 cm³/mol. The van der Waals surface area contributed by atoms with Crippen molar-refractivity contribution in [2.24, 2.45) is 0 Å². The number of nitrogens with one attached hydrogen (secondary N) is 3. The summed E-state index contributed by atoms with van der Waals surface area (Å²) in [7, 11) is -3.85. The summed E-state index contributed by atoms with van der Waals surface area (Å²) in [5.74, 6) is -0.0372. The number of sulfonamides is 1. The molecule has 0 bridgehead atoms. The monoisotopic (exact) mass is 444 g/mol. The third-order valence-electron chi connectivity index (χ3n) is 3.81. The molecule has 1 heterocycles. The number of benzene rings is 2. The first kappa shape index (κ1) is 21.1. The summed E-state index contributed by atoms with van der Waals surface area (Å²) in [6.07, 6.45) is 2.84. The first-order chi connectivity index (χ1) is 14.2. The van der Waals surface area contributed by atoms with Gasteiger partial charge in [-0.3, -0.25) is 10.1 Å². The molecule has 3 aromatic rings. The van der Waals surface area contributed by atoms with E-state index < -0.39 is 14.9 Å². The highest BCUT2D eigenvalue weighted by Gasteiger charge is 2.17. The van der Waals surface area contributed by atoms with Gasteiger partial charge >= 0.3 is 0 Å². The molecular formula is C18H16N6O4S2. The fourth-order valence-corrected chi connectivity index (χ4v) is 3.62. The molecule has 3 N–H and O–H groups in total. The summed E-state index contributed by atoms with van der Waals surface area (Å²) < 4.78 is 27.1. The number of aryl methyl sites for hydroxylation is 1. The lowest BCUT2D eigenvalue weighted by Gasteiger charge is -2.12. The molecule has 12 heteroatoms. The maximum Gasteiger partial charge on any atom is 0.292 e. The number of nitrogens with zero attached hydrogens (tertiary/aromatic N) is 3. The van der Waals surface area contributed by atoms with E-state index in [0.29, 0.717) is 5.69 Å². The highest BCUT2D eigenvalue weighted by molar-refractivity contribution is 7.92. The fraction of sp³-hybridized carbons (Fsp3) is 0.0556. The zero-order chi connectivity index (χ0) is 21.7. The van der Waals surface area contributed by atoms with Crippen LogP contribution in [-0.4, -0.2) is 28.4 Å². The van der Waals surface area contributed by atoms with E-state index in [0.717, 1.165) is 5.56 Å². The smallest absolute Gasteiger partial charge is 0.292 e. The summed E-state index contributed by atoms with van der Waals surface area (Å²) in [4.78, 5) is 18.4. The van der Waals surface area contributed by atoms with Crippen molar-refractivity contribution in [3.8, 4) is 0 Å². The molecule has 0 amide bonds. The molecule has 0 aliphatic heterocycles. The van der Waals surface area contributed by atoms with Gasteiger partial charge in [0, 0.05) is 24.1 Å². The van der Waals surface area contributed by atoms with Crippen LogP contribution in [0.2, 0.25) is 0 Å². The van der Waals surface area contributed by atoms with E-state index in [2.05, 4.69) is 25.3 Å². The molecule has 2 aromatic carbocycles. The first-order valence-electron chi connectivity index (χ1n) is 8.47. The van der Waals surface area contributed by atoms with E-state index in [9.17, 15) is 18.5 Å². The van der Waals surface area contributed by atoms with Crippen LogP contribution in [0.25, 0.3) is 0 Å². The van der Waals surface area contributed by atoms with Crippen molar-refractivity contribution >= 4 is 50.4 Å². The molecule has 0 spiro atoms. The van der Waals surface area contributed by atoms with Crippen molar-refractivity contribution in [1.29, 1.82) is 0 Å². The summed E-state index contributed by atoms with van der Waals surface area (Å²) in [6, 6.07) is 12.1. The van der Waals surface area contributed by atoms with Crippen molar-refractivity contribution in [3.05, 3.63) is 76.6 Å². The molecule has 0 unspecified atom stereocenters. The van der Waals surface area contributed by atoms with Crippen LogP contribution >= 0.6 is 12.2 Å². The van der Waals surface area contributed by atoms with Crippen molar-refractivity contribution in [2.45, 2.75) is 11.8 Å². The topological polar surface area (TPSA) is 139 Å². The van der Waals surface area contributed by atoms with E-state index in [1.165, 1.54) is 42.7 Å². The molecule has 0 atom stereocenters. The molecule has 0 radical (unpaired) electrons. The third kappa shape index (κ3) is 5.24. The second-order valence-corrected chi connectivity index (χ2v) is 8.15. The van der Waals surface area contributed by atoms with Crippen molar-refractivity contribution in [1.82, 2.24) is 9.97 Å². The second kappa shape index (κ2) is 8.80. The summed E-state index contributed by atoms with van der Waals surface area (Å²) >= 11 is 5.20. The summed E-state index contributed by atoms with van der Waals surface area (Å²) in [6.45, 7) is 1.75. The Balaban J connectivity index is 1.69. The van der Waals surface area contributed by atoms with E-state index in [1.54, 1.807) is 25.1 Å². The minimum atomic E-state index is -3.85. The molecule has 0 saturated heterocycles. The molecule has 0 saturated carbocycles. The van der Waals surface area contributed by atoms with Crippen molar-refractivity contribution < 1.29 is 13.3 Å². The second-order valence-electron chi connectivity index (χ2n) is 6.06. The van der Waals surface area contributed by atoms with Gasteiger partial charge in [-0.1, -0.05) is 6.07 Å². The maximum atomic E-state index is 12.4. The average Bonchev–Trinajstić information content (AvgIpc) is 2.70. The van der Waals surface area contributed by atoms with Crippen LogP contribution in [0.5, 0.6) is 0 Å². The van der Waals surface area contributed by atoms with Crippen LogP contribution in [-0.2, 0) is 10.0 Å². The lowest BCUT2D eigenvalue weighted by atomic mass is 10.2. The van der Waals surface area contributed by atoms with Crippen LogP contribution in [0.4, 0.5) is 23.0 Å². The van der Waals surface area contributed by atoms with Gasteiger partial charge in [0.1, 0.15) is 5.69 Å². The largest absolute Gasteiger partial charge is 0.332 e. The maximum absolute atomic E-state index is 12.4. The van der Waals surface area contributed by atoms with Crippen LogP contribution in [0.3, 0.4) is 0 Å². The van der Waals surface area contributed by atoms with Gasteiger partial charge in [0.25, 0.3) is 15.7 Å². The number of nitro benzene ring substituents is 1. The van der Waals surface area contributed by atoms with Crippen LogP contribution < -0.4 is 15.4 Å². The predicted octanol–water partition coefficient (Wildman–Crippen LogP) is 3.30. The van der Waals surface area contributed by atoms with Crippen molar-refractivity contribution in [3.63, 3.8) is 0 Å². The molecular weight excluding hydrogens is 428 g/mol.